The number of likely N-dealkylation sites (N-methyl/N-ethyl adjacent to an activating group) is 1. The lowest BCUT2D eigenvalue weighted by atomic mass is 9.96. The Bertz CT molecular complexity index is 268. The lowest BCUT2D eigenvalue weighted by molar-refractivity contribution is 0.297. The maximum Gasteiger partial charge on any atom is 0.157 e. The summed E-state index contributed by atoms with van der Waals surface area (Å²) >= 11 is 1.87. The van der Waals surface area contributed by atoms with Crippen molar-refractivity contribution in [3.05, 3.63) is 0 Å². The highest BCUT2D eigenvalue weighted by molar-refractivity contribution is 8.13. The first-order chi connectivity index (χ1) is 8.63. The molecule has 1 fully saturated rings. The Hall–Kier alpha value is -0.220. The van der Waals surface area contributed by atoms with E-state index in [1.807, 2.05) is 11.8 Å². The van der Waals surface area contributed by atoms with Crippen molar-refractivity contribution >= 4 is 16.9 Å². The topological polar surface area (TPSA) is 27.6 Å². The Kier molecular flexibility index (Phi) is 7.08. The van der Waals surface area contributed by atoms with Gasteiger partial charge >= 0.3 is 0 Å². The third-order valence-corrected chi connectivity index (χ3v) is 4.65. The van der Waals surface area contributed by atoms with Crippen LogP contribution in [0.4, 0.5) is 0 Å². The molecule has 0 saturated carbocycles. The van der Waals surface area contributed by atoms with Gasteiger partial charge in [-0.05, 0) is 39.3 Å². The maximum atomic E-state index is 4.72. The fraction of sp³-hybridized carbons (Fsp3) is 0.929. The number of hydrogen-bond acceptors (Lipinski definition) is 3. The van der Waals surface area contributed by atoms with Crippen LogP contribution in [0, 0.1) is 0 Å². The van der Waals surface area contributed by atoms with Crippen LogP contribution in [-0.2, 0) is 0 Å². The molecule has 0 aliphatic carbocycles. The molecule has 4 heteroatoms. The largest absolute Gasteiger partial charge is 0.360 e. The average Bonchev–Trinajstić information content (AvgIpc) is 2.38. The molecule has 1 aliphatic heterocycles. The first-order valence-electron chi connectivity index (χ1n) is 7.31. The van der Waals surface area contributed by atoms with E-state index in [-0.39, 0.29) is 5.54 Å². The van der Waals surface area contributed by atoms with Gasteiger partial charge in [0.2, 0.25) is 0 Å². The quantitative estimate of drug-likeness (QED) is 0.771. The monoisotopic (exact) mass is 271 g/mol. The molecule has 0 aromatic rings. The normalized spacial score (nSPS) is 26.6. The molecule has 0 bridgehead atoms. The van der Waals surface area contributed by atoms with Crippen molar-refractivity contribution in [2.24, 2.45) is 4.99 Å². The highest BCUT2D eigenvalue weighted by Crippen LogP contribution is 2.24. The molecule has 106 valence electrons. The summed E-state index contributed by atoms with van der Waals surface area (Å²) in [5, 5.41) is 4.75. The first kappa shape index (κ1) is 15.8. The predicted octanol–water partition coefficient (Wildman–Crippen LogP) is 2.97. The third kappa shape index (κ3) is 5.19. The molecule has 0 amide bonds. The van der Waals surface area contributed by atoms with Crippen LogP contribution in [0.5, 0.6) is 0 Å². The van der Waals surface area contributed by atoms with Crippen LogP contribution < -0.4 is 5.32 Å². The lowest BCUT2D eigenvalue weighted by Crippen LogP contribution is -2.48. The zero-order valence-electron chi connectivity index (χ0n) is 12.5. The summed E-state index contributed by atoms with van der Waals surface area (Å²) in [6.07, 6.45) is 3.64. The molecule has 1 aliphatic rings. The van der Waals surface area contributed by atoms with Gasteiger partial charge in [0.25, 0.3) is 0 Å². The highest BCUT2D eigenvalue weighted by atomic mass is 32.2. The molecule has 1 saturated heterocycles. The Balaban J connectivity index is 2.37. The second-order valence-corrected chi connectivity index (χ2v) is 6.34. The van der Waals surface area contributed by atoms with Crippen LogP contribution >= 0.6 is 11.8 Å². The zero-order chi connectivity index (χ0) is 13.4. The minimum absolute atomic E-state index is 0.262. The summed E-state index contributed by atoms with van der Waals surface area (Å²) in [5.74, 6) is 1.20. The van der Waals surface area contributed by atoms with Crippen molar-refractivity contribution in [1.82, 2.24) is 10.2 Å². The van der Waals surface area contributed by atoms with E-state index in [0.717, 1.165) is 24.8 Å². The van der Waals surface area contributed by atoms with Crippen molar-refractivity contribution in [1.29, 1.82) is 0 Å². The number of nitrogens with zero attached hydrogens (tertiary/aromatic N) is 2. The molecule has 1 atom stereocenters. The number of rotatable bonds is 7. The van der Waals surface area contributed by atoms with Crippen molar-refractivity contribution in [3.8, 4) is 0 Å². The van der Waals surface area contributed by atoms with Gasteiger partial charge in [-0.1, -0.05) is 32.5 Å². The fourth-order valence-corrected chi connectivity index (χ4v) is 3.36. The van der Waals surface area contributed by atoms with E-state index in [0.29, 0.717) is 0 Å². The van der Waals surface area contributed by atoms with Crippen LogP contribution in [0.25, 0.3) is 0 Å². The van der Waals surface area contributed by atoms with Gasteiger partial charge in [-0.15, -0.1) is 0 Å². The fourth-order valence-electron chi connectivity index (χ4n) is 2.12. The summed E-state index contributed by atoms with van der Waals surface area (Å²) in [6, 6.07) is 0. The Morgan fingerprint density at radius 2 is 2.11 bits per heavy atom. The Labute approximate surface area is 117 Å². The molecule has 18 heavy (non-hydrogen) atoms. The van der Waals surface area contributed by atoms with Gasteiger partial charge in [0.1, 0.15) is 0 Å². The summed E-state index contributed by atoms with van der Waals surface area (Å²) in [4.78, 5) is 7.19. The molecule has 1 unspecified atom stereocenters. The van der Waals surface area contributed by atoms with Crippen LogP contribution in [-0.4, -0.2) is 47.5 Å². The number of aliphatic imine (C=N–C) groups is 1. The predicted molar refractivity (Wildman–Crippen MR) is 83.6 cm³/mol. The molecule has 1 heterocycles. The number of amidine groups is 1. The standard InChI is InChI=1S/C14H29N3S/c1-5-10-17(7-3)11-9-15-13-16-14(4,6-2)8-12-18-13/h5-12H2,1-4H3,(H,15,16). The van der Waals surface area contributed by atoms with Crippen LogP contribution in [0.3, 0.4) is 0 Å². The van der Waals surface area contributed by atoms with Gasteiger partial charge < -0.3 is 10.2 Å². The van der Waals surface area contributed by atoms with Crippen LogP contribution in [0.15, 0.2) is 4.99 Å². The van der Waals surface area contributed by atoms with E-state index in [2.05, 4.69) is 37.9 Å². The smallest absolute Gasteiger partial charge is 0.157 e. The van der Waals surface area contributed by atoms with E-state index >= 15 is 0 Å². The minimum atomic E-state index is 0.262. The Morgan fingerprint density at radius 1 is 1.33 bits per heavy atom. The maximum absolute atomic E-state index is 4.72. The van der Waals surface area contributed by atoms with Gasteiger partial charge in [-0.3, -0.25) is 4.99 Å². The molecule has 0 spiro atoms. The Morgan fingerprint density at radius 3 is 2.72 bits per heavy atom. The average molecular weight is 271 g/mol. The van der Waals surface area contributed by atoms with E-state index in [1.165, 1.54) is 31.6 Å². The molecule has 0 radical (unpaired) electrons. The number of thioether (sulfide) groups is 1. The van der Waals surface area contributed by atoms with Gasteiger partial charge in [0, 0.05) is 17.8 Å². The van der Waals surface area contributed by atoms with E-state index < -0.39 is 0 Å². The number of hydrogen-bond donors (Lipinski definition) is 1. The van der Waals surface area contributed by atoms with Crippen LogP contribution in [0.2, 0.25) is 0 Å². The highest BCUT2D eigenvalue weighted by Gasteiger charge is 2.27. The van der Waals surface area contributed by atoms with Gasteiger partial charge in [0.15, 0.2) is 5.17 Å². The zero-order valence-corrected chi connectivity index (χ0v) is 13.3. The van der Waals surface area contributed by atoms with E-state index in [1.54, 1.807) is 0 Å². The van der Waals surface area contributed by atoms with Crippen LogP contribution in [0.1, 0.15) is 47.0 Å². The van der Waals surface area contributed by atoms with Gasteiger partial charge in [-0.25, -0.2) is 0 Å². The molecular weight excluding hydrogens is 242 g/mol. The SMILES string of the molecule is CCCN(CC)CCN=C1NC(C)(CC)CCS1. The molecule has 0 aromatic carbocycles. The number of nitrogens with one attached hydrogen (secondary N) is 1. The lowest BCUT2D eigenvalue weighted by Gasteiger charge is -2.35. The van der Waals surface area contributed by atoms with Crippen molar-refractivity contribution in [3.63, 3.8) is 0 Å². The molecule has 1 N–H and O–H groups in total. The summed E-state index contributed by atoms with van der Waals surface area (Å²) < 4.78 is 0. The minimum Gasteiger partial charge on any atom is -0.360 e. The van der Waals surface area contributed by atoms with Crippen molar-refractivity contribution in [2.75, 3.05) is 31.9 Å². The van der Waals surface area contributed by atoms with Gasteiger partial charge in [0.05, 0.1) is 6.54 Å². The van der Waals surface area contributed by atoms with Gasteiger partial charge in [-0.2, -0.15) is 0 Å². The summed E-state index contributed by atoms with van der Waals surface area (Å²) in [6.45, 7) is 13.3. The van der Waals surface area contributed by atoms with Crippen molar-refractivity contribution in [2.45, 2.75) is 52.5 Å². The summed E-state index contributed by atoms with van der Waals surface area (Å²) in [5.41, 5.74) is 0.262. The summed E-state index contributed by atoms with van der Waals surface area (Å²) in [7, 11) is 0. The molecule has 3 nitrogen and oxygen atoms in total. The first-order valence-corrected chi connectivity index (χ1v) is 8.30. The molecule has 0 aromatic heterocycles. The second-order valence-electron chi connectivity index (χ2n) is 5.26. The van der Waals surface area contributed by atoms with E-state index in [4.69, 9.17) is 4.99 Å². The third-order valence-electron chi connectivity index (χ3n) is 3.74. The van der Waals surface area contributed by atoms with Crippen molar-refractivity contribution < 1.29 is 0 Å². The second kappa shape index (κ2) is 8.05. The van der Waals surface area contributed by atoms with E-state index in [9.17, 15) is 0 Å². The molecular formula is C14H29N3S. The molecule has 1 rings (SSSR count).